The number of fused-ring (bicyclic) bond motifs is 1. The molecule has 2 N–H and O–H groups in total. The summed E-state index contributed by atoms with van der Waals surface area (Å²) in [7, 11) is -3.53. The number of anilines is 1. The van der Waals surface area contributed by atoms with Crippen LogP contribution in [0.1, 0.15) is 22.3 Å². The van der Waals surface area contributed by atoms with Crippen molar-refractivity contribution in [1.29, 1.82) is 0 Å². The SMILES string of the molecule is Cc1cnc2[nH]cc(Cc3ccc(NCc4cc(F)ccc4S(C)(=O)=O)nc3F)c2c1. The van der Waals surface area contributed by atoms with Gasteiger partial charge in [-0.05, 0) is 53.9 Å². The van der Waals surface area contributed by atoms with Gasteiger partial charge in [0.25, 0.3) is 0 Å². The lowest BCUT2D eigenvalue weighted by Gasteiger charge is -2.11. The van der Waals surface area contributed by atoms with Crippen molar-refractivity contribution in [3.05, 3.63) is 82.8 Å². The number of halogens is 2. The van der Waals surface area contributed by atoms with Crippen LogP contribution in [0.5, 0.6) is 0 Å². The smallest absolute Gasteiger partial charge is 0.218 e. The Bertz CT molecular complexity index is 1380. The number of benzene rings is 1. The van der Waals surface area contributed by atoms with Crippen molar-refractivity contribution in [2.45, 2.75) is 24.8 Å². The van der Waals surface area contributed by atoms with E-state index >= 15 is 0 Å². The number of aryl methyl sites for hydroxylation is 1. The van der Waals surface area contributed by atoms with Crippen LogP contribution in [0.4, 0.5) is 14.6 Å². The van der Waals surface area contributed by atoms with Gasteiger partial charge in [0.05, 0.1) is 4.90 Å². The van der Waals surface area contributed by atoms with Gasteiger partial charge in [-0.15, -0.1) is 0 Å². The van der Waals surface area contributed by atoms with Crippen LogP contribution < -0.4 is 5.32 Å². The Morgan fingerprint density at radius 3 is 2.61 bits per heavy atom. The van der Waals surface area contributed by atoms with E-state index in [0.717, 1.165) is 40.5 Å². The first kappa shape index (κ1) is 20.9. The molecule has 0 saturated heterocycles. The quantitative estimate of drug-likeness (QED) is 0.346. The van der Waals surface area contributed by atoms with Crippen LogP contribution in [0.2, 0.25) is 0 Å². The van der Waals surface area contributed by atoms with Crippen LogP contribution in [0.15, 0.2) is 53.7 Å². The maximum atomic E-state index is 14.6. The first-order chi connectivity index (χ1) is 14.7. The molecule has 0 saturated carbocycles. The molecule has 31 heavy (non-hydrogen) atoms. The van der Waals surface area contributed by atoms with Crippen LogP contribution >= 0.6 is 0 Å². The van der Waals surface area contributed by atoms with Crippen molar-refractivity contribution in [3.8, 4) is 0 Å². The second-order valence-electron chi connectivity index (χ2n) is 7.42. The number of nitrogens with one attached hydrogen (secondary N) is 2. The van der Waals surface area contributed by atoms with E-state index in [1.54, 1.807) is 24.5 Å². The summed E-state index contributed by atoms with van der Waals surface area (Å²) in [5.74, 6) is -0.967. The van der Waals surface area contributed by atoms with E-state index in [1.807, 2.05) is 13.0 Å². The van der Waals surface area contributed by atoms with Gasteiger partial charge in [-0.2, -0.15) is 4.39 Å². The third-order valence-corrected chi connectivity index (χ3v) is 6.14. The summed E-state index contributed by atoms with van der Waals surface area (Å²) in [6.45, 7) is 1.93. The number of sulfone groups is 1. The average Bonchev–Trinajstić information content (AvgIpc) is 3.09. The van der Waals surface area contributed by atoms with Crippen molar-refractivity contribution in [2.24, 2.45) is 0 Å². The molecule has 3 aromatic heterocycles. The molecule has 4 aromatic rings. The second-order valence-corrected chi connectivity index (χ2v) is 9.41. The zero-order chi connectivity index (χ0) is 22.2. The summed E-state index contributed by atoms with van der Waals surface area (Å²) in [4.78, 5) is 11.3. The Balaban J connectivity index is 1.53. The topological polar surface area (TPSA) is 87.7 Å². The number of aromatic nitrogens is 3. The van der Waals surface area contributed by atoms with Gasteiger partial charge < -0.3 is 10.3 Å². The molecule has 4 rings (SSSR count). The number of rotatable bonds is 6. The predicted octanol–water partition coefficient (Wildman–Crippen LogP) is 4.15. The summed E-state index contributed by atoms with van der Waals surface area (Å²) in [5.41, 5.74) is 3.32. The highest BCUT2D eigenvalue weighted by atomic mass is 32.2. The Labute approximate surface area is 178 Å². The van der Waals surface area contributed by atoms with E-state index in [4.69, 9.17) is 0 Å². The van der Waals surface area contributed by atoms with Gasteiger partial charge in [0.2, 0.25) is 5.95 Å². The van der Waals surface area contributed by atoms with Gasteiger partial charge >= 0.3 is 0 Å². The molecule has 0 fully saturated rings. The van der Waals surface area contributed by atoms with Gasteiger partial charge in [-0.3, -0.25) is 0 Å². The van der Waals surface area contributed by atoms with E-state index in [0.29, 0.717) is 12.0 Å². The normalized spacial score (nSPS) is 11.7. The zero-order valence-electron chi connectivity index (χ0n) is 16.9. The summed E-state index contributed by atoms with van der Waals surface area (Å²) >= 11 is 0. The number of H-pyrrole nitrogens is 1. The molecule has 9 heteroatoms. The summed E-state index contributed by atoms with van der Waals surface area (Å²) < 4.78 is 52.1. The molecular weight excluding hydrogens is 422 g/mol. The fourth-order valence-corrected chi connectivity index (χ4v) is 4.36. The lowest BCUT2D eigenvalue weighted by atomic mass is 10.1. The molecular formula is C22H20F2N4O2S. The van der Waals surface area contributed by atoms with Crippen molar-refractivity contribution in [3.63, 3.8) is 0 Å². The number of hydrogen-bond donors (Lipinski definition) is 2. The van der Waals surface area contributed by atoms with E-state index < -0.39 is 21.6 Å². The third-order valence-electron chi connectivity index (χ3n) is 4.94. The van der Waals surface area contributed by atoms with Crippen molar-refractivity contribution >= 4 is 26.7 Å². The molecule has 3 heterocycles. The maximum Gasteiger partial charge on any atom is 0.218 e. The minimum Gasteiger partial charge on any atom is -0.366 e. The lowest BCUT2D eigenvalue weighted by molar-refractivity contribution is 0.571. The first-order valence-electron chi connectivity index (χ1n) is 9.51. The van der Waals surface area contributed by atoms with Crippen LogP contribution in [-0.4, -0.2) is 29.6 Å². The number of hydrogen-bond acceptors (Lipinski definition) is 5. The van der Waals surface area contributed by atoms with Crippen LogP contribution in [-0.2, 0) is 22.8 Å². The Kier molecular flexibility index (Phi) is 5.45. The van der Waals surface area contributed by atoms with Gasteiger partial charge in [0.15, 0.2) is 9.84 Å². The maximum absolute atomic E-state index is 14.6. The highest BCUT2D eigenvalue weighted by molar-refractivity contribution is 7.90. The van der Waals surface area contributed by atoms with Crippen molar-refractivity contribution < 1.29 is 17.2 Å². The van der Waals surface area contributed by atoms with Crippen LogP contribution in [0.3, 0.4) is 0 Å². The Morgan fingerprint density at radius 1 is 1.06 bits per heavy atom. The highest BCUT2D eigenvalue weighted by Gasteiger charge is 2.15. The van der Waals surface area contributed by atoms with Gasteiger partial charge in [-0.1, -0.05) is 6.07 Å². The van der Waals surface area contributed by atoms with E-state index in [2.05, 4.69) is 20.3 Å². The average molecular weight is 442 g/mol. The van der Waals surface area contributed by atoms with Crippen molar-refractivity contribution in [2.75, 3.05) is 11.6 Å². The monoisotopic (exact) mass is 442 g/mol. The Hall–Kier alpha value is -3.33. The predicted molar refractivity (Wildman–Crippen MR) is 115 cm³/mol. The molecule has 0 spiro atoms. The third kappa shape index (κ3) is 4.56. The summed E-state index contributed by atoms with van der Waals surface area (Å²) in [6, 6.07) is 8.67. The number of nitrogens with zero attached hydrogens (tertiary/aromatic N) is 2. The second kappa shape index (κ2) is 8.07. The summed E-state index contributed by atoms with van der Waals surface area (Å²) in [5, 5.41) is 3.80. The molecule has 0 aliphatic rings. The molecule has 160 valence electrons. The summed E-state index contributed by atoms with van der Waals surface area (Å²) in [6.07, 6.45) is 4.96. The molecule has 1 aromatic carbocycles. The number of aromatic amines is 1. The first-order valence-corrected chi connectivity index (χ1v) is 11.4. The molecule has 0 unspecified atom stereocenters. The highest BCUT2D eigenvalue weighted by Crippen LogP contribution is 2.23. The molecule has 0 aliphatic carbocycles. The van der Waals surface area contributed by atoms with Gasteiger partial charge in [0.1, 0.15) is 17.3 Å². The minimum atomic E-state index is -3.53. The van der Waals surface area contributed by atoms with Crippen LogP contribution in [0, 0.1) is 18.7 Å². The van der Waals surface area contributed by atoms with Gasteiger partial charge in [0, 0.05) is 42.6 Å². The largest absolute Gasteiger partial charge is 0.366 e. The van der Waals surface area contributed by atoms with E-state index in [1.165, 1.54) is 6.07 Å². The minimum absolute atomic E-state index is 0.0145. The molecule has 6 nitrogen and oxygen atoms in total. The standard InChI is InChI=1S/C22H20F2N4O2S/c1-13-7-18-15(11-27-22(18)26-10-13)8-14-3-6-20(28-21(14)24)25-12-16-9-17(23)4-5-19(16)31(2,29)30/h3-7,9-11H,8,12H2,1-2H3,(H,25,28)(H,26,27). The Morgan fingerprint density at radius 2 is 1.87 bits per heavy atom. The fraction of sp³-hybridized carbons (Fsp3) is 0.182. The van der Waals surface area contributed by atoms with Gasteiger partial charge in [-0.25, -0.2) is 22.8 Å². The molecule has 0 bridgehead atoms. The van der Waals surface area contributed by atoms with Crippen molar-refractivity contribution in [1.82, 2.24) is 15.0 Å². The van der Waals surface area contributed by atoms with E-state index in [-0.39, 0.29) is 22.8 Å². The fourth-order valence-electron chi connectivity index (χ4n) is 3.44. The molecule has 0 atom stereocenters. The zero-order valence-corrected chi connectivity index (χ0v) is 17.7. The van der Waals surface area contributed by atoms with E-state index in [9.17, 15) is 17.2 Å². The lowest BCUT2D eigenvalue weighted by Crippen LogP contribution is -2.09. The molecule has 0 aliphatic heterocycles. The number of pyridine rings is 2. The molecule has 0 amide bonds. The molecule has 0 radical (unpaired) electrons. The van der Waals surface area contributed by atoms with Crippen LogP contribution in [0.25, 0.3) is 11.0 Å².